The van der Waals surface area contributed by atoms with Crippen molar-refractivity contribution >= 4 is 0 Å². The van der Waals surface area contributed by atoms with Gasteiger partial charge in [0.15, 0.2) is 0 Å². The molecule has 0 fully saturated rings. The van der Waals surface area contributed by atoms with Gasteiger partial charge in [-0.25, -0.2) is 0 Å². The molecule has 0 saturated heterocycles. The average Bonchev–Trinajstić information content (AvgIpc) is 1.72. The van der Waals surface area contributed by atoms with E-state index in [9.17, 15) is 0 Å². The molecule has 0 spiro atoms. The number of hydrogen-bond acceptors (Lipinski definition) is 1. The van der Waals surface area contributed by atoms with Crippen molar-refractivity contribution in [3.05, 3.63) is 6.57 Å². The van der Waals surface area contributed by atoms with Crippen LogP contribution in [0.2, 0.25) is 0 Å². The molecule has 0 amide bonds. The van der Waals surface area contributed by atoms with Gasteiger partial charge in [0.25, 0.3) is 0 Å². The van der Waals surface area contributed by atoms with Crippen molar-refractivity contribution in [1.29, 1.82) is 5.26 Å². The molecule has 0 aliphatic heterocycles. The van der Waals surface area contributed by atoms with Crippen LogP contribution in [-0.2, 0) is 0 Å². The van der Waals surface area contributed by atoms with E-state index in [0.717, 1.165) is 0 Å². The van der Waals surface area contributed by atoms with Crippen LogP contribution in [0.5, 0.6) is 0 Å². The largest absolute Gasteiger partial charge is 0.512 e. The van der Waals surface area contributed by atoms with Crippen molar-refractivity contribution in [1.82, 2.24) is 0 Å². The predicted molar refractivity (Wildman–Crippen MR) is 25.5 cm³/mol. The van der Waals surface area contributed by atoms with E-state index in [4.69, 9.17) is 11.8 Å². The Labute approximate surface area is 39.6 Å². The molecule has 0 aromatic heterocycles. The molecule has 0 aromatic rings. The molecule has 0 atom stereocenters. The van der Waals surface area contributed by atoms with Crippen molar-refractivity contribution < 1.29 is 0 Å². The maximum Gasteiger partial charge on any atom is -0.0564 e. The molecule has 0 rings (SSSR count). The zero-order chi connectivity index (χ0) is 5.41. The van der Waals surface area contributed by atoms with Crippen LogP contribution < -0.4 is 0 Å². The molecule has 36 valence electrons. The summed E-state index contributed by atoms with van der Waals surface area (Å²) in [6, 6.07) is 0. The van der Waals surface area contributed by atoms with E-state index in [1.165, 1.54) is 12.8 Å². The molecule has 0 N–H and O–H groups in total. The molecule has 1 nitrogen and oxygen atoms in total. The second-order valence-corrected chi connectivity index (χ2v) is 1.000. The van der Waals surface area contributed by atoms with Gasteiger partial charge in [0.1, 0.15) is 0 Å². The molecule has 0 aromatic carbocycles. The van der Waals surface area contributed by atoms with Gasteiger partial charge in [-0.1, -0.05) is 26.7 Å². The Morgan fingerprint density at radius 2 is 1.33 bits per heavy atom. The van der Waals surface area contributed by atoms with Crippen LogP contribution in [0.25, 0.3) is 0 Å². The highest BCUT2D eigenvalue weighted by atomic mass is 14.2. The quantitative estimate of drug-likeness (QED) is 0.445. The summed E-state index contributed by atoms with van der Waals surface area (Å²) in [5.41, 5.74) is 0. The Bertz CT molecular complexity index is 20.4. The highest BCUT2D eigenvalue weighted by molar-refractivity contribution is 4.12. The molecule has 0 aliphatic carbocycles. The molecule has 0 radical (unpaired) electrons. The summed E-state index contributed by atoms with van der Waals surface area (Å²) in [6.45, 7) is 9.11. The Morgan fingerprint density at radius 1 is 1.17 bits per heavy atom. The summed E-state index contributed by atoms with van der Waals surface area (Å²) >= 11 is 0. The maximum atomic E-state index is 6.25. The second kappa shape index (κ2) is 24.6. The lowest BCUT2D eigenvalue weighted by molar-refractivity contribution is 0.886. The van der Waals surface area contributed by atoms with Crippen LogP contribution in [-0.4, -0.2) is 0 Å². The zero-order valence-electron chi connectivity index (χ0n) is 4.36. The summed E-state index contributed by atoms with van der Waals surface area (Å²) in [7, 11) is 0. The minimum absolute atomic E-state index is 1.32. The second-order valence-electron chi connectivity index (χ2n) is 1.000. The van der Waals surface area contributed by atoms with Crippen molar-refractivity contribution in [2.75, 3.05) is 0 Å². The van der Waals surface area contributed by atoms with Gasteiger partial charge in [-0.15, -0.1) is 0 Å². The van der Waals surface area contributed by atoms with Gasteiger partial charge < -0.3 is 11.8 Å². The fourth-order valence-electron chi connectivity index (χ4n) is 0. The minimum atomic E-state index is 1.32. The highest BCUT2D eigenvalue weighted by Crippen LogP contribution is 1.76. The first-order valence-electron chi connectivity index (χ1n) is 2.14. The number of hydrogen-bond donors (Lipinski definition) is 0. The Balaban J connectivity index is 0. The van der Waals surface area contributed by atoms with Crippen LogP contribution >= 0.6 is 0 Å². The van der Waals surface area contributed by atoms with Gasteiger partial charge in [-0.3, -0.25) is 0 Å². The van der Waals surface area contributed by atoms with Gasteiger partial charge in [0.05, 0.1) is 0 Å². The number of nitrogens with zero attached hydrogens (tertiary/aromatic N) is 1. The van der Waals surface area contributed by atoms with E-state index in [2.05, 4.69) is 13.8 Å². The molecule has 0 saturated carbocycles. The lowest BCUT2D eigenvalue weighted by Gasteiger charge is -1.68. The molecule has 0 heterocycles. The van der Waals surface area contributed by atoms with Gasteiger partial charge in [-0.05, 0) is 0 Å². The lowest BCUT2D eigenvalue weighted by Crippen LogP contribution is -1.47. The standard InChI is InChI=1S/C4H10.CN/c1-3-4-2;1-2/h3-4H2,1-2H3;/q;-1. The van der Waals surface area contributed by atoms with Crippen LogP contribution in [0.3, 0.4) is 0 Å². The highest BCUT2D eigenvalue weighted by Gasteiger charge is 1.56. The van der Waals surface area contributed by atoms with Crippen LogP contribution in [0.15, 0.2) is 0 Å². The van der Waals surface area contributed by atoms with Gasteiger partial charge in [-0.2, -0.15) is 0 Å². The Morgan fingerprint density at radius 3 is 1.33 bits per heavy atom. The van der Waals surface area contributed by atoms with Gasteiger partial charge >= 0.3 is 0 Å². The smallest absolute Gasteiger partial charge is 0.0564 e. The van der Waals surface area contributed by atoms with E-state index in [0.29, 0.717) is 0 Å². The Kier molecular flexibility index (Phi) is 37.3. The predicted octanol–water partition coefficient (Wildman–Crippen LogP) is 1.90. The SMILES string of the molecule is CCCC.[C-]#N. The number of unbranched alkanes of at least 4 members (excludes halogenated alkanes) is 1. The first-order valence-corrected chi connectivity index (χ1v) is 2.14. The molecule has 6 heavy (non-hydrogen) atoms. The molecule has 1 heteroatoms. The average molecular weight is 84.1 g/mol. The molecule has 0 unspecified atom stereocenters. The van der Waals surface area contributed by atoms with Crippen LogP contribution in [0.1, 0.15) is 26.7 Å². The monoisotopic (exact) mass is 84.1 g/mol. The van der Waals surface area contributed by atoms with E-state index in [1.54, 1.807) is 0 Å². The third kappa shape index (κ3) is 90.1. The molecule has 0 bridgehead atoms. The lowest BCUT2D eigenvalue weighted by atomic mass is 10.4. The van der Waals surface area contributed by atoms with Crippen molar-refractivity contribution in [3.8, 4) is 0 Å². The minimum Gasteiger partial charge on any atom is -0.512 e. The van der Waals surface area contributed by atoms with Crippen molar-refractivity contribution in [2.24, 2.45) is 0 Å². The van der Waals surface area contributed by atoms with Gasteiger partial charge in [0, 0.05) is 0 Å². The topological polar surface area (TPSA) is 23.8 Å². The van der Waals surface area contributed by atoms with E-state index < -0.39 is 0 Å². The third-order valence-electron chi connectivity index (χ3n) is 0.500. The van der Waals surface area contributed by atoms with E-state index in [-0.39, 0.29) is 0 Å². The fraction of sp³-hybridized carbons (Fsp3) is 0.800. The maximum absolute atomic E-state index is 6.25. The Hall–Kier alpha value is -0.510. The zero-order valence-corrected chi connectivity index (χ0v) is 4.36. The summed E-state index contributed by atoms with van der Waals surface area (Å²) < 4.78 is 0. The normalized spacial score (nSPS) is 5.33. The molecule has 0 aliphatic rings. The summed E-state index contributed by atoms with van der Waals surface area (Å²) in [6.07, 6.45) is 2.64. The van der Waals surface area contributed by atoms with Crippen molar-refractivity contribution in [2.45, 2.75) is 26.7 Å². The van der Waals surface area contributed by atoms with Gasteiger partial charge in [0.2, 0.25) is 0 Å². The first-order chi connectivity index (χ1) is 2.91. The molecular formula is C5H10N-. The first kappa shape index (κ1) is 9.09. The summed E-state index contributed by atoms with van der Waals surface area (Å²) in [5.74, 6) is 0. The van der Waals surface area contributed by atoms with E-state index >= 15 is 0 Å². The molecular weight excluding hydrogens is 74.1 g/mol. The summed E-state index contributed by atoms with van der Waals surface area (Å²) in [4.78, 5) is 0. The van der Waals surface area contributed by atoms with E-state index in [1.807, 2.05) is 0 Å². The third-order valence-corrected chi connectivity index (χ3v) is 0.500. The number of rotatable bonds is 1. The summed E-state index contributed by atoms with van der Waals surface area (Å²) in [5, 5.41) is 6.25. The van der Waals surface area contributed by atoms with Crippen LogP contribution in [0.4, 0.5) is 0 Å². The fourth-order valence-corrected chi connectivity index (χ4v) is 0. The van der Waals surface area contributed by atoms with Crippen molar-refractivity contribution in [3.63, 3.8) is 0 Å². The van der Waals surface area contributed by atoms with Crippen LogP contribution in [0, 0.1) is 11.8 Å².